The van der Waals surface area contributed by atoms with Crippen molar-refractivity contribution in [3.63, 3.8) is 0 Å². The van der Waals surface area contributed by atoms with Crippen molar-refractivity contribution in [3.05, 3.63) is 47.3 Å². The minimum Gasteiger partial charge on any atom is -0.383 e. The van der Waals surface area contributed by atoms with E-state index in [1.807, 2.05) is 24.7 Å². The summed E-state index contributed by atoms with van der Waals surface area (Å²) in [6.45, 7) is 5.60. The van der Waals surface area contributed by atoms with Gasteiger partial charge in [0.15, 0.2) is 0 Å². The summed E-state index contributed by atoms with van der Waals surface area (Å²) in [4.78, 5) is 8.38. The molecular formula is C19H22FN5O. The van der Waals surface area contributed by atoms with Crippen molar-refractivity contribution >= 4 is 16.7 Å². The molecule has 4 rings (SSSR count). The summed E-state index contributed by atoms with van der Waals surface area (Å²) >= 11 is 0. The van der Waals surface area contributed by atoms with Crippen LogP contribution in [0.2, 0.25) is 0 Å². The molecule has 3 aromatic heterocycles. The predicted molar refractivity (Wildman–Crippen MR) is 97.5 cm³/mol. The van der Waals surface area contributed by atoms with Gasteiger partial charge >= 0.3 is 0 Å². The Balaban J connectivity index is 1.56. The second-order valence-corrected chi connectivity index (χ2v) is 6.81. The first-order valence-electron chi connectivity index (χ1n) is 8.80. The third kappa shape index (κ3) is 2.92. The van der Waals surface area contributed by atoms with Gasteiger partial charge < -0.3 is 10.1 Å². The summed E-state index contributed by atoms with van der Waals surface area (Å²) in [6.07, 6.45) is 3.91. The Bertz CT molecular complexity index is 954. The minimum atomic E-state index is -0.381. The van der Waals surface area contributed by atoms with Crippen molar-refractivity contribution in [2.75, 3.05) is 18.5 Å². The molecule has 1 N–H and O–H groups in total. The van der Waals surface area contributed by atoms with Crippen LogP contribution in [0, 0.1) is 25.6 Å². The van der Waals surface area contributed by atoms with Crippen LogP contribution in [-0.4, -0.2) is 32.9 Å². The normalized spacial score (nSPS) is 20.0. The quantitative estimate of drug-likeness (QED) is 0.778. The maximum absolute atomic E-state index is 13.4. The Labute approximate surface area is 151 Å². The predicted octanol–water partition coefficient (Wildman–Crippen LogP) is 3.31. The van der Waals surface area contributed by atoms with Gasteiger partial charge in [0.05, 0.1) is 29.2 Å². The van der Waals surface area contributed by atoms with Crippen LogP contribution in [0.3, 0.4) is 0 Å². The monoisotopic (exact) mass is 355 g/mol. The molecule has 7 heteroatoms. The van der Waals surface area contributed by atoms with Crippen LogP contribution in [0.1, 0.15) is 29.5 Å². The minimum absolute atomic E-state index is 0.0368. The first-order chi connectivity index (χ1) is 12.5. The first kappa shape index (κ1) is 16.9. The largest absolute Gasteiger partial charge is 0.383 e. The van der Waals surface area contributed by atoms with Crippen molar-refractivity contribution < 1.29 is 9.13 Å². The van der Waals surface area contributed by atoms with Gasteiger partial charge in [-0.05, 0) is 26.3 Å². The molecule has 2 atom stereocenters. The summed E-state index contributed by atoms with van der Waals surface area (Å²) in [5, 5.41) is 7.98. The highest BCUT2D eigenvalue weighted by atomic mass is 19.1. The highest BCUT2D eigenvalue weighted by Gasteiger charge is 2.33. The van der Waals surface area contributed by atoms with E-state index in [2.05, 4.69) is 27.3 Å². The average Bonchev–Trinajstić information content (AvgIpc) is 3.16. The number of pyridine rings is 2. The number of fused-ring (bicyclic) bond motifs is 1. The number of halogens is 1. The fraction of sp³-hybridized carbons (Fsp3) is 0.421. The molecule has 0 radical (unpaired) electrons. The van der Waals surface area contributed by atoms with E-state index in [0.717, 1.165) is 36.6 Å². The van der Waals surface area contributed by atoms with E-state index in [9.17, 15) is 4.39 Å². The van der Waals surface area contributed by atoms with Crippen molar-refractivity contribution in [1.29, 1.82) is 0 Å². The Hall–Kier alpha value is -2.54. The zero-order chi connectivity index (χ0) is 18.3. The molecule has 0 unspecified atom stereocenters. The highest BCUT2D eigenvalue weighted by Crippen LogP contribution is 2.37. The molecule has 0 saturated carbocycles. The smallest absolute Gasteiger partial charge is 0.143 e. The van der Waals surface area contributed by atoms with Gasteiger partial charge in [-0.2, -0.15) is 5.10 Å². The fourth-order valence-corrected chi connectivity index (χ4v) is 3.75. The van der Waals surface area contributed by atoms with Gasteiger partial charge in [0.2, 0.25) is 0 Å². The van der Waals surface area contributed by atoms with E-state index < -0.39 is 0 Å². The molecule has 0 bridgehead atoms. The number of aryl methyl sites for hydroxylation is 2. The molecule has 1 aliphatic heterocycles. The van der Waals surface area contributed by atoms with Gasteiger partial charge in [-0.15, -0.1) is 0 Å². The molecule has 0 aliphatic carbocycles. The molecule has 1 fully saturated rings. The summed E-state index contributed by atoms with van der Waals surface area (Å²) in [7, 11) is 1.96. The summed E-state index contributed by atoms with van der Waals surface area (Å²) < 4.78 is 21.3. The van der Waals surface area contributed by atoms with Crippen LogP contribution in [0.5, 0.6) is 0 Å². The maximum atomic E-state index is 13.4. The molecular weight excluding hydrogens is 333 g/mol. The third-order valence-electron chi connectivity index (χ3n) is 5.16. The number of rotatable bonds is 4. The molecule has 26 heavy (non-hydrogen) atoms. The molecule has 0 spiro atoms. The van der Waals surface area contributed by atoms with Crippen LogP contribution >= 0.6 is 0 Å². The van der Waals surface area contributed by atoms with Gasteiger partial charge in [-0.1, -0.05) is 0 Å². The highest BCUT2D eigenvalue weighted by molar-refractivity contribution is 5.86. The van der Waals surface area contributed by atoms with Crippen molar-refractivity contribution in [2.24, 2.45) is 13.0 Å². The number of hydrogen-bond donors (Lipinski definition) is 1. The number of anilines is 1. The van der Waals surface area contributed by atoms with E-state index in [0.29, 0.717) is 17.0 Å². The molecule has 4 heterocycles. The second kappa shape index (κ2) is 6.64. The summed E-state index contributed by atoms with van der Waals surface area (Å²) in [6, 6.07) is 3.27. The van der Waals surface area contributed by atoms with Crippen LogP contribution in [-0.2, 0) is 11.8 Å². The van der Waals surface area contributed by atoms with Crippen LogP contribution in [0.15, 0.2) is 24.5 Å². The van der Waals surface area contributed by atoms with Gasteiger partial charge in [-0.3, -0.25) is 9.67 Å². The summed E-state index contributed by atoms with van der Waals surface area (Å²) in [5.41, 5.74) is 5.45. The van der Waals surface area contributed by atoms with Gasteiger partial charge in [0.25, 0.3) is 0 Å². The first-order valence-corrected chi connectivity index (χ1v) is 8.80. The summed E-state index contributed by atoms with van der Waals surface area (Å²) in [5.74, 6) is -0.0470. The Morgan fingerprint density at radius 3 is 2.96 bits per heavy atom. The Morgan fingerprint density at radius 1 is 1.35 bits per heavy atom. The zero-order valence-electron chi connectivity index (χ0n) is 15.2. The Kier molecular flexibility index (Phi) is 4.32. The van der Waals surface area contributed by atoms with E-state index in [-0.39, 0.29) is 11.9 Å². The molecule has 3 aromatic rings. The lowest BCUT2D eigenvalue weighted by Crippen LogP contribution is -2.19. The van der Waals surface area contributed by atoms with Crippen molar-refractivity contribution in [2.45, 2.75) is 26.4 Å². The van der Waals surface area contributed by atoms with Crippen LogP contribution in [0.25, 0.3) is 11.0 Å². The lowest BCUT2D eigenvalue weighted by molar-refractivity contribution is 0.0922. The van der Waals surface area contributed by atoms with Crippen molar-refractivity contribution in [3.8, 4) is 0 Å². The van der Waals surface area contributed by atoms with Crippen LogP contribution < -0.4 is 5.32 Å². The van der Waals surface area contributed by atoms with Gasteiger partial charge in [0, 0.05) is 49.6 Å². The van der Waals surface area contributed by atoms with E-state index in [4.69, 9.17) is 4.74 Å². The molecule has 0 aromatic carbocycles. The average molecular weight is 355 g/mol. The number of nitrogens with one attached hydrogen (secondary N) is 1. The molecule has 1 saturated heterocycles. The fourth-order valence-electron chi connectivity index (χ4n) is 3.75. The topological polar surface area (TPSA) is 64.9 Å². The van der Waals surface area contributed by atoms with E-state index in [1.165, 1.54) is 17.8 Å². The standard InChI is InChI=1S/C19H22FN5O/c1-11-17(12(2)25(3)24-11)19-13(5-7-26-19)9-22-15-4-6-21-16-8-14(20)10-23-18(15)16/h4,6,8,10,13,19H,5,7,9H2,1-3H3,(H,21,22)/t13-,19+/m1/s1. The number of aromatic nitrogens is 4. The van der Waals surface area contributed by atoms with Gasteiger partial charge in [0.1, 0.15) is 11.3 Å². The van der Waals surface area contributed by atoms with E-state index in [1.54, 1.807) is 6.20 Å². The molecule has 0 amide bonds. The molecule has 6 nitrogen and oxygen atoms in total. The number of ether oxygens (including phenoxy) is 1. The Morgan fingerprint density at radius 2 is 2.19 bits per heavy atom. The van der Waals surface area contributed by atoms with Crippen molar-refractivity contribution in [1.82, 2.24) is 19.7 Å². The molecule has 136 valence electrons. The number of nitrogens with zero attached hydrogens (tertiary/aromatic N) is 4. The lowest BCUT2D eigenvalue weighted by Gasteiger charge is -2.20. The van der Waals surface area contributed by atoms with Crippen LogP contribution in [0.4, 0.5) is 10.1 Å². The second-order valence-electron chi connectivity index (χ2n) is 6.81. The molecule has 1 aliphatic rings. The lowest BCUT2D eigenvalue weighted by atomic mass is 9.94. The third-order valence-corrected chi connectivity index (χ3v) is 5.16. The number of hydrogen-bond acceptors (Lipinski definition) is 5. The SMILES string of the molecule is Cc1nn(C)c(C)c1[C@H]1OCC[C@@H]1CNc1ccnc2cc(F)cnc12. The van der Waals surface area contributed by atoms with Gasteiger partial charge in [-0.25, -0.2) is 9.37 Å². The van der Waals surface area contributed by atoms with E-state index >= 15 is 0 Å². The maximum Gasteiger partial charge on any atom is 0.143 e. The zero-order valence-corrected chi connectivity index (χ0v) is 15.2.